The van der Waals surface area contributed by atoms with Crippen molar-refractivity contribution in [3.05, 3.63) is 54.9 Å². The molecule has 11 nitrogen and oxygen atoms in total. The van der Waals surface area contributed by atoms with Crippen LogP contribution in [0.3, 0.4) is 0 Å². The summed E-state index contributed by atoms with van der Waals surface area (Å²) in [7, 11) is 0. The predicted molar refractivity (Wildman–Crippen MR) is 131 cm³/mol. The van der Waals surface area contributed by atoms with Crippen LogP contribution in [0.1, 0.15) is 18.9 Å². The Balaban J connectivity index is 1.23. The zero-order chi connectivity index (χ0) is 24.9. The van der Waals surface area contributed by atoms with Gasteiger partial charge in [-0.3, -0.25) is 14.2 Å². The van der Waals surface area contributed by atoms with Crippen LogP contribution in [0.15, 0.2) is 49.3 Å². The van der Waals surface area contributed by atoms with Gasteiger partial charge < -0.3 is 24.6 Å². The average Bonchev–Trinajstić information content (AvgIpc) is 3.44. The Morgan fingerprint density at radius 2 is 1.92 bits per heavy atom. The molecule has 1 aromatic carbocycles. The zero-order valence-corrected chi connectivity index (χ0v) is 20.2. The van der Waals surface area contributed by atoms with E-state index in [1.54, 1.807) is 28.9 Å². The smallest absolute Gasteiger partial charge is 0.222 e. The molecule has 36 heavy (non-hydrogen) atoms. The van der Waals surface area contributed by atoms with Crippen molar-refractivity contribution in [2.24, 2.45) is 0 Å². The molecule has 1 N–H and O–H groups in total. The molecule has 1 atom stereocenters. The number of fused-ring (bicyclic) bond motifs is 1. The molecule has 0 saturated carbocycles. The van der Waals surface area contributed by atoms with E-state index >= 15 is 0 Å². The predicted octanol–water partition coefficient (Wildman–Crippen LogP) is 1.22. The first-order valence-corrected chi connectivity index (χ1v) is 12.0. The molecule has 11 heteroatoms. The van der Waals surface area contributed by atoms with Crippen LogP contribution in [0.25, 0.3) is 5.82 Å². The Hall–Kier alpha value is -4.15. The van der Waals surface area contributed by atoms with Crippen LogP contribution in [-0.2, 0) is 16.0 Å². The molecule has 0 radical (unpaired) electrons. The molecular weight excluding hydrogens is 462 g/mol. The van der Waals surface area contributed by atoms with Crippen molar-refractivity contribution < 1.29 is 19.1 Å². The Bertz CT molecular complexity index is 1220. The Labute approximate surface area is 209 Å². The summed E-state index contributed by atoms with van der Waals surface area (Å²) in [6.07, 6.45) is 7.60. The molecule has 1 saturated heterocycles. The number of nitrogens with one attached hydrogen (secondary N) is 1. The molecule has 5 rings (SSSR count). The van der Waals surface area contributed by atoms with Crippen LogP contribution in [0.5, 0.6) is 11.5 Å². The van der Waals surface area contributed by atoms with Crippen molar-refractivity contribution in [2.75, 3.05) is 44.3 Å². The third-order valence-corrected chi connectivity index (χ3v) is 6.39. The van der Waals surface area contributed by atoms with Crippen LogP contribution >= 0.6 is 0 Å². The van der Waals surface area contributed by atoms with Crippen molar-refractivity contribution in [3.8, 4) is 17.3 Å². The standard InChI is InChI=1S/C25H29N7O4/c1-18(33)30-8-9-32(24-14-23(28-16-29-24)31-7-6-26-17-31)20(15-30)13-25(34)27-5-4-19-2-3-21-22(12-19)36-11-10-35-21/h2-3,6-7,12,14,16-17,20H,4-5,8-11,13,15H2,1H3,(H,27,34). The number of hydrogen-bond acceptors (Lipinski definition) is 8. The van der Waals surface area contributed by atoms with E-state index in [-0.39, 0.29) is 24.3 Å². The molecule has 1 unspecified atom stereocenters. The summed E-state index contributed by atoms with van der Waals surface area (Å²) in [4.78, 5) is 41.7. The molecular formula is C25H29N7O4. The fourth-order valence-corrected chi connectivity index (χ4v) is 4.52. The third-order valence-electron chi connectivity index (χ3n) is 6.39. The van der Waals surface area contributed by atoms with E-state index in [0.29, 0.717) is 57.4 Å². The van der Waals surface area contributed by atoms with Crippen LogP contribution in [0.2, 0.25) is 0 Å². The number of carbonyl (C=O) groups excluding carboxylic acids is 2. The maximum atomic E-state index is 12.9. The van der Waals surface area contributed by atoms with E-state index < -0.39 is 0 Å². The normalized spacial score (nSPS) is 17.1. The third kappa shape index (κ3) is 5.40. The van der Waals surface area contributed by atoms with E-state index in [0.717, 1.165) is 17.1 Å². The minimum atomic E-state index is -0.206. The molecule has 4 heterocycles. The minimum absolute atomic E-state index is 0.000424. The zero-order valence-electron chi connectivity index (χ0n) is 20.2. The van der Waals surface area contributed by atoms with Crippen LogP contribution in [-0.4, -0.2) is 81.7 Å². The molecule has 2 amide bonds. The number of aromatic nitrogens is 4. The quantitative estimate of drug-likeness (QED) is 0.525. The van der Waals surface area contributed by atoms with Crippen molar-refractivity contribution >= 4 is 17.6 Å². The molecule has 2 aliphatic rings. The first kappa shape index (κ1) is 23.6. The Morgan fingerprint density at radius 3 is 2.72 bits per heavy atom. The number of ether oxygens (including phenoxy) is 2. The van der Waals surface area contributed by atoms with Gasteiger partial charge in [-0.25, -0.2) is 15.0 Å². The topological polar surface area (TPSA) is 115 Å². The summed E-state index contributed by atoms with van der Waals surface area (Å²) in [6.45, 7) is 4.76. The lowest BCUT2D eigenvalue weighted by Gasteiger charge is -2.41. The largest absolute Gasteiger partial charge is 0.486 e. The van der Waals surface area contributed by atoms with Gasteiger partial charge in [0.15, 0.2) is 11.5 Å². The molecule has 2 aromatic heterocycles. The van der Waals surface area contributed by atoms with Crippen molar-refractivity contribution in [1.29, 1.82) is 0 Å². The van der Waals surface area contributed by atoms with Gasteiger partial charge in [0.05, 0.1) is 6.04 Å². The number of piperazine rings is 1. The first-order chi connectivity index (χ1) is 17.6. The maximum absolute atomic E-state index is 12.9. The summed E-state index contributed by atoms with van der Waals surface area (Å²) in [5.41, 5.74) is 1.06. The lowest BCUT2D eigenvalue weighted by molar-refractivity contribution is -0.130. The van der Waals surface area contributed by atoms with Crippen molar-refractivity contribution in [3.63, 3.8) is 0 Å². The summed E-state index contributed by atoms with van der Waals surface area (Å²) >= 11 is 0. The van der Waals surface area contributed by atoms with E-state index in [9.17, 15) is 9.59 Å². The van der Waals surface area contributed by atoms with Crippen molar-refractivity contribution in [2.45, 2.75) is 25.8 Å². The molecule has 0 spiro atoms. The summed E-state index contributed by atoms with van der Waals surface area (Å²) in [6, 6.07) is 7.52. The molecule has 3 aromatic rings. The van der Waals surface area contributed by atoms with Crippen LogP contribution < -0.4 is 19.7 Å². The summed E-state index contributed by atoms with van der Waals surface area (Å²) < 4.78 is 13.0. The number of anilines is 1. The number of rotatable bonds is 7. The van der Waals surface area contributed by atoms with E-state index in [4.69, 9.17) is 9.47 Å². The van der Waals surface area contributed by atoms with Gasteiger partial charge in [0, 0.05) is 58.0 Å². The molecule has 2 aliphatic heterocycles. The Kier molecular flexibility index (Phi) is 6.96. The maximum Gasteiger partial charge on any atom is 0.222 e. The molecule has 0 bridgehead atoms. The lowest BCUT2D eigenvalue weighted by Crippen LogP contribution is -2.56. The summed E-state index contributed by atoms with van der Waals surface area (Å²) in [5, 5.41) is 3.02. The molecule has 188 valence electrons. The van der Waals surface area contributed by atoms with Gasteiger partial charge in [0.25, 0.3) is 0 Å². The second-order valence-electron chi connectivity index (χ2n) is 8.80. The van der Waals surface area contributed by atoms with Gasteiger partial charge in [-0.1, -0.05) is 6.07 Å². The lowest BCUT2D eigenvalue weighted by atomic mass is 10.1. The number of hydrogen-bond donors (Lipinski definition) is 1. The number of nitrogens with zero attached hydrogens (tertiary/aromatic N) is 6. The molecule has 1 fully saturated rings. The van der Waals surface area contributed by atoms with Gasteiger partial charge in [-0.2, -0.15) is 0 Å². The van der Waals surface area contributed by atoms with Gasteiger partial charge >= 0.3 is 0 Å². The first-order valence-electron chi connectivity index (χ1n) is 12.0. The van der Waals surface area contributed by atoms with E-state index in [1.165, 1.54) is 6.33 Å². The monoisotopic (exact) mass is 491 g/mol. The number of amides is 2. The van der Waals surface area contributed by atoms with E-state index in [1.807, 2.05) is 30.5 Å². The highest BCUT2D eigenvalue weighted by Gasteiger charge is 2.31. The fourth-order valence-electron chi connectivity index (χ4n) is 4.52. The highest BCUT2D eigenvalue weighted by molar-refractivity contribution is 5.78. The van der Waals surface area contributed by atoms with Crippen LogP contribution in [0.4, 0.5) is 5.82 Å². The van der Waals surface area contributed by atoms with Crippen molar-refractivity contribution in [1.82, 2.24) is 29.7 Å². The number of imidazole rings is 1. The SMILES string of the molecule is CC(=O)N1CCN(c2cc(-n3ccnc3)ncn2)C(CC(=O)NCCc2ccc3c(c2)OCCO3)C1. The highest BCUT2D eigenvalue weighted by Crippen LogP contribution is 2.30. The Morgan fingerprint density at radius 1 is 1.08 bits per heavy atom. The van der Waals surface area contributed by atoms with Gasteiger partial charge in [0.2, 0.25) is 11.8 Å². The van der Waals surface area contributed by atoms with Gasteiger partial charge in [-0.15, -0.1) is 0 Å². The average molecular weight is 492 g/mol. The summed E-state index contributed by atoms with van der Waals surface area (Å²) in [5.74, 6) is 2.83. The fraction of sp³-hybridized carbons (Fsp3) is 0.400. The second kappa shape index (κ2) is 10.6. The van der Waals surface area contributed by atoms with Gasteiger partial charge in [0.1, 0.15) is 37.5 Å². The minimum Gasteiger partial charge on any atom is -0.486 e. The number of benzene rings is 1. The molecule has 0 aliphatic carbocycles. The van der Waals surface area contributed by atoms with Gasteiger partial charge in [-0.05, 0) is 24.1 Å². The van der Waals surface area contributed by atoms with E-state index in [2.05, 4.69) is 25.2 Å². The second-order valence-corrected chi connectivity index (χ2v) is 8.80. The number of carbonyl (C=O) groups is 2. The van der Waals surface area contributed by atoms with Crippen LogP contribution in [0, 0.1) is 0 Å². The highest BCUT2D eigenvalue weighted by atomic mass is 16.6.